The van der Waals surface area contributed by atoms with Crippen molar-refractivity contribution in [3.8, 4) is 17.2 Å². The average Bonchev–Trinajstić information content (AvgIpc) is 2.62. The summed E-state index contributed by atoms with van der Waals surface area (Å²) in [5.41, 5.74) is 6.12. The van der Waals surface area contributed by atoms with E-state index < -0.39 is 4.92 Å². The molecule has 0 aromatic heterocycles. The highest BCUT2D eigenvalue weighted by Gasteiger charge is 2.13. The largest absolute Gasteiger partial charge is 0.493 e. The number of rotatable bonds is 5. The standard InChI is InChI=1S/C18H15N3O4/c1-24-16-9-4-11-2-3-12(18(19)20)10-15(11)17(16)25-14-7-5-13(6-8-14)21(22)23/h2-10H,1H3,(H3,19,20). The Labute approximate surface area is 143 Å². The molecule has 0 spiro atoms. The van der Waals surface area contributed by atoms with Crippen molar-refractivity contribution in [3.05, 3.63) is 70.3 Å². The van der Waals surface area contributed by atoms with E-state index in [-0.39, 0.29) is 11.5 Å². The van der Waals surface area contributed by atoms with Gasteiger partial charge in [0.2, 0.25) is 0 Å². The Kier molecular flexibility index (Phi) is 4.21. The van der Waals surface area contributed by atoms with Crippen LogP contribution in [0, 0.1) is 15.5 Å². The molecule has 0 atom stereocenters. The molecule has 0 unspecified atom stereocenters. The third-order valence-electron chi connectivity index (χ3n) is 3.73. The third kappa shape index (κ3) is 3.20. The molecular weight excluding hydrogens is 322 g/mol. The highest BCUT2D eigenvalue weighted by molar-refractivity contribution is 6.01. The normalized spacial score (nSPS) is 10.4. The lowest BCUT2D eigenvalue weighted by Crippen LogP contribution is -2.10. The maximum Gasteiger partial charge on any atom is 0.269 e. The summed E-state index contributed by atoms with van der Waals surface area (Å²) in [5.74, 6) is 1.35. The Morgan fingerprint density at radius 3 is 2.40 bits per heavy atom. The summed E-state index contributed by atoms with van der Waals surface area (Å²) in [7, 11) is 1.53. The van der Waals surface area contributed by atoms with Gasteiger partial charge in [0.05, 0.1) is 12.0 Å². The Morgan fingerprint density at radius 1 is 1.12 bits per heavy atom. The lowest BCUT2D eigenvalue weighted by atomic mass is 10.0. The number of amidine groups is 1. The molecule has 7 nitrogen and oxygen atoms in total. The van der Waals surface area contributed by atoms with Crippen LogP contribution in [0.5, 0.6) is 17.2 Å². The predicted octanol–water partition coefficient (Wildman–Crippen LogP) is 3.83. The molecule has 0 radical (unpaired) electrons. The van der Waals surface area contributed by atoms with Crippen LogP contribution in [0.3, 0.4) is 0 Å². The first kappa shape index (κ1) is 16.3. The first-order chi connectivity index (χ1) is 12.0. The van der Waals surface area contributed by atoms with Crippen LogP contribution < -0.4 is 15.2 Å². The predicted molar refractivity (Wildman–Crippen MR) is 94.7 cm³/mol. The molecule has 0 fully saturated rings. The van der Waals surface area contributed by atoms with Crippen LogP contribution in [0.4, 0.5) is 5.69 Å². The number of non-ortho nitro benzene ring substituents is 1. The van der Waals surface area contributed by atoms with Gasteiger partial charge >= 0.3 is 0 Å². The van der Waals surface area contributed by atoms with Crippen molar-refractivity contribution >= 4 is 22.3 Å². The monoisotopic (exact) mass is 337 g/mol. The molecule has 0 aliphatic rings. The van der Waals surface area contributed by atoms with Crippen LogP contribution >= 0.6 is 0 Å². The first-order valence-electron chi connectivity index (χ1n) is 7.37. The van der Waals surface area contributed by atoms with Gasteiger partial charge in [0.25, 0.3) is 5.69 Å². The van der Waals surface area contributed by atoms with Crippen LogP contribution in [-0.4, -0.2) is 17.9 Å². The SMILES string of the molecule is COc1ccc2ccc(C(=N)N)cc2c1Oc1ccc([N+](=O)[O-])cc1. The lowest BCUT2D eigenvalue weighted by molar-refractivity contribution is -0.384. The molecule has 3 aromatic carbocycles. The van der Waals surface area contributed by atoms with Gasteiger partial charge in [0.15, 0.2) is 11.5 Å². The Balaban J connectivity index is 2.10. The summed E-state index contributed by atoms with van der Waals surface area (Å²) in [4.78, 5) is 10.3. The number of nitrogens with two attached hydrogens (primary N) is 1. The average molecular weight is 337 g/mol. The number of fused-ring (bicyclic) bond motifs is 1. The molecule has 3 N–H and O–H groups in total. The molecule has 0 amide bonds. The second kappa shape index (κ2) is 6.48. The zero-order chi connectivity index (χ0) is 18.0. The zero-order valence-electron chi connectivity index (χ0n) is 13.4. The first-order valence-corrected chi connectivity index (χ1v) is 7.37. The fraction of sp³-hybridized carbons (Fsp3) is 0.0556. The van der Waals surface area contributed by atoms with Gasteiger partial charge in [-0.05, 0) is 29.7 Å². The molecule has 0 saturated carbocycles. The van der Waals surface area contributed by atoms with Crippen LogP contribution in [0.25, 0.3) is 10.8 Å². The molecule has 25 heavy (non-hydrogen) atoms. The highest BCUT2D eigenvalue weighted by Crippen LogP contribution is 2.39. The van der Waals surface area contributed by atoms with Crippen LogP contribution in [0.15, 0.2) is 54.6 Å². The Hall–Kier alpha value is -3.61. The number of nitrogen functional groups attached to an aromatic ring is 1. The molecule has 3 rings (SSSR count). The number of nitro benzene ring substituents is 1. The van der Waals surface area contributed by atoms with E-state index >= 15 is 0 Å². The molecule has 0 heterocycles. The van der Waals surface area contributed by atoms with E-state index in [9.17, 15) is 10.1 Å². The second-order valence-electron chi connectivity index (χ2n) is 5.30. The maximum absolute atomic E-state index is 10.8. The van der Waals surface area contributed by atoms with Crippen molar-refractivity contribution in [1.29, 1.82) is 5.41 Å². The van der Waals surface area contributed by atoms with Gasteiger partial charge in [-0.15, -0.1) is 0 Å². The van der Waals surface area contributed by atoms with Gasteiger partial charge < -0.3 is 15.2 Å². The summed E-state index contributed by atoms with van der Waals surface area (Å²) in [6, 6.07) is 14.8. The van der Waals surface area contributed by atoms with E-state index in [1.54, 1.807) is 18.2 Å². The summed E-state index contributed by atoms with van der Waals surface area (Å²) in [6.07, 6.45) is 0. The van der Waals surface area contributed by atoms with E-state index in [1.807, 2.05) is 12.1 Å². The van der Waals surface area contributed by atoms with Crippen molar-refractivity contribution in [2.75, 3.05) is 7.11 Å². The molecule has 126 valence electrons. The van der Waals surface area contributed by atoms with Crippen LogP contribution in [0.1, 0.15) is 5.56 Å². The van der Waals surface area contributed by atoms with Gasteiger partial charge in [-0.25, -0.2) is 0 Å². The van der Waals surface area contributed by atoms with E-state index in [4.69, 9.17) is 20.6 Å². The minimum absolute atomic E-state index is 0.0175. The number of hydrogen-bond donors (Lipinski definition) is 2. The van der Waals surface area contributed by atoms with Crippen molar-refractivity contribution < 1.29 is 14.4 Å². The minimum Gasteiger partial charge on any atom is -0.493 e. The lowest BCUT2D eigenvalue weighted by Gasteiger charge is -2.14. The number of nitrogens with one attached hydrogen (secondary N) is 1. The zero-order valence-corrected chi connectivity index (χ0v) is 13.4. The third-order valence-corrected chi connectivity index (χ3v) is 3.73. The summed E-state index contributed by atoms with van der Waals surface area (Å²) in [6.45, 7) is 0. The number of methoxy groups -OCH3 is 1. The summed E-state index contributed by atoms with van der Waals surface area (Å²) < 4.78 is 11.3. The van der Waals surface area contributed by atoms with Gasteiger partial charge in [-0.3, -0.25) is 15.5 Å². The van der Waals surface area contributed by atoms with E-state index in [0.29, 0.717) is 22.8 Å². The molecule has 0 saturated heterocycles. The van der Waals surface area contributed by atoms with Gasteiger partial charge in [-0.1, -0.05) is 18.2 Å². The van der Waals surface area contributed by atoms with Gasteiger partial charge in [0, 0.05) is 23.1 Å². The Morgan fingerprint density at radius 2 is 1.80 bits per heavy atom. The van der Waals surface area contributed by atoms with Crippen molar-refractivity contribution in [2.45, 2.75) is 0 Å². The van der Waals surface area contributed by atoms with Crippen molar-refractivity contribution in [2.24, 2.45) is 5.73 Å². The molecule has 7 heteroatoms. The summed E-state index contributed by atoms with van der Waals surface area (Å²) >= 11 is 0. The Bertz CT molecular complexity index is 968. The van der Waals surface area contributed by atoms with E-state index in [1.165, 1.54) is 31.4 Å². The van der Waals surface area contributed by atoms with Gasteiger partial charge in [0.1, 0.15) is 11.6 Å². The van der Waals surface area contributed by atoms with Gasteiger partial charge in [-0.2, -0.15) is 0 Å². The molecule has 0 aliphatic heterocycles. The maximum atomic E-state index is 10.8. The second-order valence-corrected chi connectivity index (χ2v) is 5.30. The number of benzene rings is 3. The van der Waals surface area contributed by atoms with Crippen molar-refractivity contribution in [1.82, 2.24) is 0 Å². The molecule has 3 aromatic rings. The summed E-state index contributed by atoms with van der Waals surface area (Å²) in [5, 5.41) is 20.0. The fourth-order valence-corrected chi connectivity index (χ4v) is 2.46. The number of hydrogen-bond acceptors (Lipinski definition) is 5. The van der Waals surface area contributed by atoms with E-state index in [0.717, 1.165) is 10.8 Å². The van der Waals surface area contributed by atoms with Crippen LogP contribution in [-0.2, 0) is 0 Å². The minimum atomic E-state index is -0.471. The molecule has 0 bridgehead atoms. The van der Waals surface area contributed by atoms with Crippen molar-refractivity contribution in [3.63, 3.8) is 0 Å². The molecular formula is C18H15N3O4. The topological polar surface area (TPSA) is 111 Å². The number of nitro groups is 1. The number of ether oxygens (including phenoxy) is 2. The van der Waals surface area contributed by atoms with Crippen LogP contribution in [0.2, 0.25) is 0 Å². The van der Waals surface area contributed by atoms with E-state index in [2.05, 4.69) is 0 Å². The highest BCUT2D eigenvalue weighted by atomic mass is 16.6. The molecule has 0 aliphatic carbocycles. The fourth-order valence-electron chi connectivity index (χ4n) is 2.46. The number of nitrogens with zero attached hydrogens (tertiary/aromatic N) is 1. The quantitative estimate of drug-likeness (QED) is 0.318. The smallest absolute Gasteiger partial charge is 0.269 e.